The lowest BCUT2D eigenvalue weighted by atomic mass is 10.0. The van der Waals surface area contributed by atoms with E-state index in [0.717, 1.165) is 40.2 Å². The summed E-state index contributed by atoms with van der Waals surface area (Å²) in [6, 6.07) is 28.7. The van der Waals surface area contributed by atoms with Crippen LogP contribution in [0.3, 0.4) is 0 Å². The number of fused-ring (bicyclic) bond motifs is 3. The number of nitrogens with zero attached hydrogens (tertiary/aromatic N) is 2. The van der Waals surface area contributed by atoms with Gasteiger partial charge in [0.2, 0.25) is 0 Å². The smallest absolute Gasteiger partial charge is 0.318 e. The first-order chi connectivity index (χ1) is 15.7. The number of hydrogen-bond acceptors (Lipinski definition) is 1. The molecule has 32 heavy (non-hydrogen) atoms. The van der Waals surface area contributed by atoms with Gasteiger partial charge in [-0.3, -0.25) is 0 Å². The largest absolute Gasteiger partial charge is 0.322 e. The van der Waals surface area contributed by atoms with Crippen molar-refractivity contribution >= 4 is 11.7 Å². The summed E-state index contributed by atoms with van der Waals surface area (Å²) in [5, 5.41) is 3.20. The number of anilines is 1. The maximum atomic E-state index is 13.8. The fraction of sp³-hybridized carbons (Fsp3) is 0.179. The third kappa shape index (κ3) is 3.58. The van der Waals surface area contributed by atoms with Gasteiger partial charge in [-0.05, 0) is 54.3 Å². The molecule has 4 nitrogen and oxygen atoms in total. The number of carbonyl (C=O) groups excluding carboxylic acids is 1. The van der Waals surface area contributed by atoms with Gasteiger partial charge in [0.1, 0.15) is 0 Å². The molecule has 2 amide bonds. The number of carbonyl (C=O) groups is 1. The zero-order valence-corrected chi connectivity index (χ0v) is 18.5. The molecule has 3 aromatic carbocycles. The van der Waals surface area contributed by atoms with Gasteiger partial charge in [-0.15, -0.1) is 0 Å². The van der Waals surface area contributed by atoms with Crippen molar-refractivity contribution in [3.8, 4) is 5.69 Å². The van der Waals surface area contributed by atoms with Gasteiger partial charge in [0.05, 0.1) is 18.3 Å². The summed E-state index contributed by atoms with van der Waals surface area (Å²) in [7, 11) is 0. The van der Waals surface area contributed by atoms with Gasteiger partial charge in [0.25, 0.3) is 0 Å². The Bertz CT molecular complexity index is 1260. The van der Waals surface area contributed by atoms with Gasteiger partial charge in [0.15, 0.2) is 0 Å². The van der Waals surface area contributed by atoms with Gasteiger partial charge in [0, 0.05) is 17.6 Å². The van der Waals surface area contributed by atoms with E-state index in [1.807, 2.05) is 29.2 Å². The second-order valence-electron chi connectivity index (χ2n) is 8.31. The van der Waals surface area contributed by atoms with Gasteiger partial charge < -0.3 is 14.8 Å². The molecule has 4 heteroatoms. The topological polar surface area (TPSA) is 37.3 Å². The lowest BCUT2D eigenvalue weighted by Crippen LogP contribution is -2.38. The Balaban J connectivity index is 1.63. The summed E-state index contributed by atoms with van der Waals surface area (Å²) >= 11 is 0. The molecule has 1 N–H and O–H groups in total. The lowest BCUT2D eigenvalue weighted by Gasteiger charge is -2.31. The molecular formula is C28H27N3O. The third-order valence-corrected chi connectivity index (χ3v) is 6.26. The average molecular weight is 422 g/mol. The van der Waals surface area contributed by atoms with Crippen LogP contribution >= 0.6 is 0 Å². The highest BCUT2D eigenvalue weighted by Crippen LogP contribution is 2.37. The number of aromatic nitrogens is 1. The van der Waals surface area contributed by atoms with E-state index in [4.69, 9.17) is 0 Å². The van der Waals surface area contributed by atoms with Crippen molar-refractivity contribution in [2.24, 2.45) is 0 Å². The first-order valence-electron chi connectivity index (χ1n) is 11.1. The van der Waals surface area contributed by atoms with Gasteiger partial charge >= 0.3 is 6.03 Å². The number of aryl methyl sites for hydroxylation is 2. The number of nitrogens with one attached hydrogen (secondary N) is 1. The summed E-state index contributed by atoms with van der Waals surface area (Å²) in [4.78, 5) is 15.7. The maximum absolute atomic E-state index is 13.8. The number of amides is 2. The molecule has 4 aromatic rings. The van der Waals surface area contributed by atoms with Crippen LogP contribution in [0.5, 0.6) is 0 Å². The molecule has 0 saturated heterocycles. The summed E-state index contributed by atoms with van der Waals surface area (Å²) in [5.74, 6) is 0. The number of urea groups is 1. The van der Waals surface area contributed by atoms with Crippen molar-refractivity contribution < 1.29 is 4.79 Å². The highest BCUT2D eigenvalue weighted by Gasteiger charge is 2.33. The van der Waals surface area contributed by atoms with E-state index in [1.54, 1.807) is 0 Å². The standard InChI is InChI=1S/C28H27N3O/c1-3-21-9-4-6-11-24(21)29-28(32)31-19-23-10-5-7-12-25(23)30-18-8-13-26(30)27(31)22-16-14-20(2)15-17-22/h4-18,27H,3,19H2,1-2H3,(H,29,32)/t27-/m0/s1. The Morgan fingerprint density at radius 3 is 2.50 bits per heavy atom. The minimum atomic E-state index is -0.202. The van der Waals surface area contributed by atoms with Crippen LogP contribution in [0, 0.1) is 6.92 Å². The van der Waals surface area contributed by atoms with Crippen LogP contribution in [-0.4, -0.2) is 15.5 Å². The van der Waals surface area contributed by atoms with Crippen LogP contribution in [0.1, 0.15) is 40.9 Å². The van der Waals surface area contributed by atoms with Crippen LogP contribution in [0.4, 0.5) is 10.5 Å². The molecule has 0 saturated carbocycles. The van der Waals surface area contributed by atoms with E-state index in [9.17, 15) is 4.79 Å². The molecule has 0 fully saturated rings. The first kappa shape index (κ1) is 20.1. The minimum Gasteiger partial charge on any atom is -0.318 e. The second kappa shape index (κ2) is 8.39. The fourth-order valence-corrected chi connectivity index (χ4v) is 4.58. The van der Waals surface area contributed by atoms with E-state index in [1.165, 1.54) is 5.56 Å². The minimum absolute atomic E-state index is 0.0964. The van der Waals surface area contributed by atoms with Crippen LogP contribution in [-0.2, 0) is 13.0 Å². The van der Waals surface area contributed by atoms with Crippen molar-refractivity contribution in [1.29, 1.82) is 0 Å². The van der Waals surface area contributed by atoms with Crippen LogP contribution in [0.2, 0.25) is 0 Å². The van der Waals surface area contributed by atoms with Gasteiger partial charge in [-0.2, -0.15) is 0 Å². The zero-order valence-electron chi connectivity index (χ0n) is 18.5. The molecule has 5 rings (SSSR count). The second-order valence-corrected chi connectivity index (χ2v) is 8.31. The van der Waals surface area contributed by atoms with Crippen molar-refractivity contribution in [3.05, 3.63) is 119 Å². The molecule has 0 unspecified atom stereocenters. The molecule has 1 aromatic heterocycles. The van der Waals surface area contributed by atoms with Crippen molar-refractivity contribution in [1.82, 2.24) is 9.47 Å². The Labute approximate surface area is 189 Å². The summed E-state index contributed by atoms with van der Waals surface area (Å²) < 4.78 is 2.22. The zero-order chi connectivity index (χ0) is 22.1. The average Bonchev–Trinajstić information content (AvgIpc) is 3.24. The molecule has 1 atom stereocenters. The molecule has 160 valence electrons. The molecule has 0 bridgehead atoms. The number of hydrogen-bond donors (Lipinski definition) is 1. The first-order valence-corrected chi connectivity index (χ1v) is 11.1. The monoisotopic (exact) mass is 421 g/mol. The third-order valence-electron chi connectivity index (χ3n) is 6.26. The van der Waals surface area contributed by atoms with Crippen molar-refractivity contribution in [3.63, 3.8) is 0 Å². The lowest BCUT2D eigenvalue weighted by molar-refractivity contribution is 0.194. The normalized spacial score (nSPS) is 14.9. The van der Waals surface area contributed by atoms with E-state index in [2.05, 4.69) is 90.6 Å². The quantitative estimate of drug-likeness (QED) is 0.404. The van der Waals surface area contributed by atoms with E-state index in [-0.39, 0.29) is 12.1 Å². The number of rotatable bonds is 3. The molecule has 0 radical (unpaired) electrons. The molecular weight excluding hydrogens is 394 g/mol. The van der Waals surface area contributed by atoms with Crippen LogP contribution < -0.4 is 5.32 Å². The number of para-hydroxylation sites is 2. The van der Waals surface area contributed by atoms with Crippen LogP contribution in [0.15, 0.2) is 91.1 Å². The summed E-state index contributed by atoms with van der Waals surface area (Å²) in [5.41, 5.74) is 7.63. The predicted octanol–water partition coefficient (Wildman–Crippen LogP) is 6.49. The van der Waals surface area contributed by atoms with Crippen molar-refractivity contribution in [2.75, 3.05) is 5.32 Å². The number of benzene rings is 3. The fourth-order valence-electron chi connectivity index (χ4n) is 4.58. The van der Waals surface area contributed by atoms with Crippen LogP contribution in [0.25, 0.3) is 5.69 Å². The molecule has 2 heterocycles. The van der Waals surface area contributed by atoms with E-state index >= 15 is 0 Å². The van der Waals surface area contributed by atoms with Gasteiger partial charge in [-0.25, -0.2) is 4.79 Å². The van der Waals surface area contributed by atoms with E-state index in [0.29, 0.717) is 6.54 Å². The maximum Gasteiger partial charge on any atom is 0.322 e. The molecule has 0 aliphatic carbocycles. The predicted molar refractivity (Wildman–Crippen MR) is 129 cm³/mol. The Morgan fingerprint density at radius 1 is 0.938 bits per heavy atom. The molecule has 0 spiro atoms. The Hall–Kier alpha value is -3.79. The molecule has 1 aliphatic heterocycles. The highest BCUT2D eigenvalue weighted by molar-refractivity contribution is 5.91. The Kier molecular flexibility index (Phi) is 5.28. The van der Waals surface area contributed by atoms with Gasteiger partial charge in [-0.1, -0.05) is 73.2 Å². The van der Waals surface area contributed by atoms with Crippen molar-refractivity contribution in [2.45, 2.75) is 32.9 Å². The summed E-state index contributed by atoms with van der Waals surface area (Å²) in [6.45, 7) is 4.72. The SMILES string of the molecule is CCc1ccccc1NC(=O)N1Cc2ccccc2-n2cccc2[C@@H]1c1ccc(C)cc1. The van der Waals surface area contributed by atoms with E-state index < -0.39 is 0 Å². The Morgan fingerprint density at radius 2 is 1.69 bits per heavy atom. The highest BCUT2D eigenvalue weighted by atomic mass is 16.2. The summed E-state index contributed by atoms with van der Waals surface area (Å²) in [6.07, 6.45) is 2.95. The molecule has 1 aliphatic rings.